The number of benzene rings is 1. The molecule has 1 aromatic rings. The summed E-state index contributed by atoms with van der Waals surface area (Å²) in [5, 5.41) is 0. The molecule has 1 aliphatic heterocycles. The number of nitrogens with zero attached hydrogens (tertiary/aromatic N) is 2. The summed E-state index contributed by atoms with van der Waals surface area (Å²) in [5.41, 5.74) is 1.39. The fourth-order valence-corrected chi connectivity index (χ4v) is 2.61. The summed E-state index contributed by atoms with van der Waals surface area (Å²) in [4.78, 5) is 16.6. The summed E-state index contributed by atoms with van der Waals surface area (Å²) in [5.74, 6) is 0.501. The van der Waals surface area contributed by atoms with Crippen LogP contribution in [0.5, 0.6) is 0 Å². The highest BCUT2D eigenvalue weighted by atomic mass is 16.2. The van der Waals surface area contributed by atoms with E-state index in [4.69, 9.17) is 0 Å². The van der Waals surface area contributed by atoms with Crippen LogP contribution in [-0.4, -0.2) is 48.4 Å². The third kappa shape index (κ3) is 4.07. The molecular formula is C17H26N2O. The predicted octanol–water partition coefficient (Wildman–Crippen LogP) is 2.42. The van der Waals surface area contributed by atoms with Gasteiger partial charge in [-0.3, -0.25) is 9.69 Å². The van der Waals surface area contributed by atoms with E-state index in [1.54, 1.807) is 0 Å². The maximum absolute atomic E-state index is 12.1. The van der Waals surface area contributed by atoms with Crippen molar-refractivity contribution < 1.29 is 4.79 Å². The minimum absolute atomic E-state index is 0.172. The van der Waals surface area contributed by atoms with Gasteiger partial charge in [0.25, 0.3) is 0 Å². The Morgan fingerprint density at radius 1 is 1.15 bits per heavy atom. The van der Waals surface area contributed by atoms with Crippen molar-refractivity contribution in [3.05, 3.63) is 35.9 Å². The molecule has 0 saturated carbocycles. The molecule has 1 heterocycles. The van der Waals surface area contributed by atoms with Gasteiger partial charge in [-0.25, -0.2) is 0 Å². The van der Waals surface area contributed by atoms with Crippen molar-refractivity contribution in [3.8, 4) is 0 Å². The van der Waals surface area contributed by atoms with Gasteiger partial charge in [0.15, 0.2) is 0 Å². The summed E-state index contributed by atoms with van der Waals surface area (Å²) in [6.45, 7) is 9.00. The molecule has 0 N–H and O–H groups in total. The molecule has 0 bridgehead atoms. The second-order valence-electron chi connectivity index (χ2n) is 5.71. The van der Waals surface area contributed by atoms with Crippen LogP contribution in [0, 0.1) is 5.92 Å². The Morgan fingerprint density at radius 3 is 2.40 bits per heavy atom. The van der Waals surface area contributed by atoms with Gasteiger partial charge >= 0.3 is 0 Å². The second-order valence-corrected chi connectivity index (χ2v) is 5.71. The van der Waals surface area contributed by atoms with Gasteiger partial charge in [-0.1, -0.05) is 44.2 Å². The molecule has 0 aromatic heterocycles. The summed E-state index contributed by atoms with van der Waals surface area (Å²) >= 11 is 0. The highest BCUT2D eigenvalue weighted by Gasteiger charge is 2.23. The summed E-state index contributed by atoms with van der Waals surface area (Å²) < 4.78 is 0. The van der Waals surface area contributed by atoms with Gasteiger partial charge in [0, 0.05) is 38.6 Å². The Hall–Kier alpha value is -1.35. The molecule has 1 fully saturated rings. The zero-order valence-electron chi connectivity index (χ0n) is 12.7. The Kier molecular flexibility index (Phi) is 5.60. The van der Waals surface area contributed by atoms with Crippen LogP contribution in [-0.2, 0) is 11.2 Å². The Balaban J connectivity index is 1.73. The molecule has 2 rings (SSSR count). The summed E-state index contributed by atoms with van der Waals surface area (Å²) in [6, 6.07) is 10.6. The Labute approximate surface area is 122 Å². The van der Waals surface area contributed by atoms with Gasteiger partial charge in [0.05, 0.1) is 0 Å². The lowest BCUT2D eigenvalue weighted by atomic mass is 10.1. The number of rotatable bonds is 5. The first-order valence-corrected chi connectivity index (χ1v) is 7.75. The zero-order chi connectivity index (χ0) is 14.4. The largest absolute Gasteiger partial charge is 0.340 e. The third-order valence-corrected chi connectivity index (χ3v) is 4.28. The fourth-order valence-electron chi connectivity index (χ4n) is 2.61. The molecule has 1 unspecified atom stereocenters. The van der Waals surface area contributed by atoms with Crippen molar-refractivity contribution in [2.24, 2.45) is 5.92 Å². The van der Waals surface area contributed by atoms with Crippen LogP contribution in [0.25, 0.3) is 0 Å². The number of carbonyl (C=O) groups is 1. The van der Waals surface area contributed by atoms with E-state index in [0.717, 1.165) is 45.6 Å². The van der Waals surface area contributed by atoms with Gasteiger partial charge in [-0.05, 0) is 18.4 Å². The van der Waals surface area contributed by atoms with E-state index in [0.29, 0.717) is 5.91 Å². The van der Waals surface area contributed by atoms with Gasteiger partial charge in [0.2, 0.25) is 5.91 Å². The summed E-state index contributed by atoms with van der Waals surface area (Å²) in [6.07, 6.45) is 2.03. The van der Waals surface area contributed by atoms with E-state index in [9.17, 15) is 4.79 Å². The average Bonchev–Trinajstić information content (AvgIpc) is 2.53. The van der Waals surface area contributed by atoms with Gasteiger partial charge < -0.3 is 4.90 Å². The quantitative estimate of drug-likeness (QED) is 0.823. The predicted molar refractivity (Wildman–Crippen MR) is 82.6 cm³/mol. The van der Waals surface area contributed by atoms with Crippen LogP contribution in [0.15, 0.2) is 30.3 Å². The van der Waals surface area contributed by atoms with Crippen molar-refractivity contribution in [3.63, 3.8) is 0 Å². The molecule has 1 saturated heterocycles. The molecule has 0 radical (unpaired) electrons. The number of piperazine rings is 1. The Morgan fingerprint density at radius 2 is 1.80 bits per heavy atom. The monoisotopic (exact) mass is 274 g/mol. The minimum atomic E-state index is 0.172. The van der Waals surface area contributed by atoms with E-state index in [1.165, 1.54) is 5.56 Å². The molecule has 1 aliphatic rings. The van der Waals surface area contributed by atoms with Crippen LogP contribution < -0.4 is 0 Å². The first-order valence-electron chi connectivity index (χ1n) is 7.75. The van der Waals surface area contributed by atoms with Crippen LogP contribution in [0.2, 0.25) is 0 Å². The van der Waals surface area contributed by atoms with E-state index in [-0.39, 0.29) is 5.92 Å². The second kappa shape index (κ2) is 7.44. The Bertz CT molecular complexity index is 410. The van der Waals surface area contributed by atoms with Crippen LogP contribution in [0.4, 0.5) is 0 Å². The van der Waals surface area contributed by atoms with Crippen molar-refractivity contribution >= 4 is 5.91 Å². The molecule has 0 aliphatic carbocycles. The maximum Gasteiger partial charge on any atom is 0.225 e. The number of hydrogen-bond acceptors (Lipinski definition) is 2. The first kappa shape index (κ1) is 15.0. The minimum Gasteiger partial charge on any atom is -0.340 e. The molecule has 1 amide bonds. The van der Waals surface area contributed by atoms with E-state index >= 15 is 0 Å². The van der Waals surface area contributed by atoms with Gasteiger partial charge in [0.1, 0.15) is 0 Å². The fraction of sp³-hybridized carbons (Fsp3) is 0.588. The lowest BCUT2D eigenvalue weighted by Crippen LogP contribution is -2.50. The molecule has 0 spiro atoms. The topological polar surface area (TPSA) is 23.6 Å². The number of amides is 1. The smallest absolute Gasteiger partial charge is 0.225 e. The lowest BCUT2D eigenvalue weighted by Gasteiger charge is -2.36. The highest BCUT2D eigenvalue weighted by molar-refractivity contribution is 5.78. The van der Waals surface area contributed by atoms with Gasteiger partial charge in [-0.15, -0.1) is 0 Å². The van der Waals surface area contributed by atoms with Crippen LogP contribution in [0.3, 0.4) is 0 Å². The molecule has 3 heteroatoms. The normalized spacial score (nSPS) is 18.0. The van der Waals surface area contributed by atoms with Crippen molar-refractivity contribution in [2.45, 2.75) is 26.7 Å². The zero-order valence-corrected chi connectivity index (χ0v) is 12.7. The summed E-state index contributed by atoms with van der Waals surface area (Å²) in [7, 11) is 0. The molecule has 1 aromatic carbocycles. The standard InChI is InChI=1S/C17H26N2O/c1-3-15(2)17(20)19-13-11-18(12-14-19)10-9-16-7-5-4-6-8-16/h4-8,15H,3,9-14H2,1-2H3. The lowest BCUT2D eigenvalue weighted by molar-refractivity contribution is -0.136. The van der Waals surface area contributed by atoms with Crippen LogP contribution >= 0.6 is 0 Å². The van der Waals surface area contributed by atoms with E-state index in [1.807, 2.05) is 11.8 Å². The number of carbonyl (C=O) groups excluding carboxylic acids is 1. The van der Waals surface area contributed by atoms with Crippen LogP contribution in [0.1, 0.15) is 25.8 Å². The third-order valence-electron chi connectivity index (χ3n) is 4.28. The highest BCUT2D eigenvalue weighted by Crippen LogP contribution is 2.10. The molecule has 1 atom stereocenters. The van der Waals surface area contributed by atoms with Crippen molar-refractivity contribution in [1.82, 2.24) is 9.80 Å². The van der Waals surface area contributed by atoms with Crippen molar-refractivity contribution in [2.75, 3.05) is 32.7 Å². The maximum atomic E-state index is 12.1. The SMILES string of the molecule is CCC(C)C(=O)N1CCN(CCc2ccccc2)CC1. The number of hydrogen-bond donors (Lipinski definition) is 0. The molecular weight excluding hydrogens is 248 g/mol. The van der Waals surface area contributed by atoms with Crippen molar-refractivity contribution in [1.29, 1.82) is 0 Å². The molecule has 20 heavy (non-hydrogen) atoms. The molecule has 110 valence electrons. The first-order chi connectivity index (χ1) is 9.70. The molecule has 3 nitrogen and oxygen atoms in total. The van der Waals surface area contributed by atoms with Gasteiger partial charge in [-0.2, -0.15) is 0 Å². The average molecular weight is 274 g/mol. The van der Waals surface area contributed by atoms with E-state index in [2.05, 4.69) is 42.2 Å². The van der Waals surface area contributed by atoms with E-state index < -0.39 is 0 Å².